The van der Waals surface area contributed by atoms with Gasteiger partial charge < -0.3 is 15.7 Å². The van der Waals surface area contributed by atoms with Gasteiger partial charge in [0.2, 0.25) is 5.91 Å². The Morgan fingerprint density at radius 3 is 2.53 bits per heavy atom. The summed E-state index contributed by atoms with van der Waals surface area (Å²) in [5.74, 6) is 2.34. The molecule has 0 fully saturated rings. The molecule has 0 aliphatic heterocycles. The van der Waals surface area contributed by atoms with Crippen molar-refractivity contribution in [3.8, 4) is 12.3 Å². The van der Waals surface area contributed by atoms with E-state index in [2.05, 4.69) is 16.6 Å². The van der Waals surface area contributed by atoms with Crippen molar-refractivity contribution in [2.24, 2.45) is 5.92 Å². The lowest BCUT2D eigenvalue weighted by molar-refractivity contribution is -0.122. The van der Waals surface area contributed by atoms with Crippen molar-refractivity contribution >= 4 is 5.91 Å². The van der Waals surface area contributed by atoms with Crippen LogP contribution in [0.5, 0.6) is 0 Å². The molecule has 0 saturated heterocycles. The van der Waals surface area contributed by atoms with Crippen LogP contribution in [0.15, 0.2) is 0 Å². The van der Waals surface area contributed by atoms with Crippen LogP contribution in [-0.2, 0) is 4.79 Å². The largest absolute Gasteiger partial charge is 0.396 e. The van der Waals surface area contributed by atoms with Gasteiger partial charge in [0, 0.05) is 12.6 Å². The minimum atomic E-state index is -0.303. The second-order valence-corrected chi connectivity index (χ2v) is 3.76. The Balaban J connectivity index is 3.96. The number of rotatable bonds is 6. The SMILES string of the molecule is C#CCNC(=O)C(C)NC(C)C(C)CO. The number of carbonyl (C=O) groups excluding carboxylic acids is 1. The van der Waals surface area contributed by atoms with Gasteiger partial charge in [-0.15, -0.1) is 6.42 Å². The predicted molar refractivity (Wildman–Crippen MR) is 60.2 cm³/mol. The molecule has 0 bridgehead atoms. The Kier molecular flexibility index (Phi) is 6.76. The summed E-state index contributed by atoms with van der Waals surface area (Å²) < 4.78 is 0. The van der Waals surface area contributed by atoms with Crippen LogP contribution in [0.1, 0.15) is 20.8 Å². The molecule has 0 aliphatic carbocycles. The van der Waals surface area contributed by atoms with Crippen LogP contribution in [0.2, 0.25) is 0 Å². The number of nitrogens with one attached hydrogen (secondary N) is 2. The van der Waals surface area contributed by atoms with Gasteiger partial charge in [0.25, 0.3) is 0 Å². The van der Waals surface area contributed by atoms with E-state index in [0.717, 1.165) is 0 Å². The molecule has 3 unspecified atom stereocenters. The van der Waals surface area contributed by atoms with Crippen LogP contribution in [-0.4, -0.2) is 36.2 Å². The van der Waals surface area contributed by atoms with E-state index in [-0.39, 0.29) is 37.1 Å². The van der Waals surface area contributed by atoms with Crippen molar-refractivity contribution in [3.05, 3.63) is 0 Å². The molecule has 0 rings (SSSR count). The number of carbonyl (C=O) groups is 1. The zero-order valence-corrected chi connectivity index (χ0v) is 9.58. The fourth-order valence-corrected chi connectivity index (χ4v) is 1.08. The first-order valence-electron chi connectivity index (χ1n) is 5.11. The highest BCUT2D eigenvalue weighted by atomic mass is 16.3. The minimum absolute atomic E-state index is 0.0848. The maximum absolute atomic E-state index is 11.4. The van der Waals surface area contributed by atoms with Gasteiger partial charge in [0.1, 0.15) is 0 Å². The second-order valence-electron chi connectivity index (χ2n) is 3.76. The molecule has 15 heavy (non-hydrogen) atoms. The maximum Gasteiger partial charge on any atom is 0.237 e. The van der Waals surface area contributed by atoms with Gasteiger partial charge in [0.05, 0.1) is 12.6 Å². The molecule has 0 aliphatic rings. The third-order valence-corrected chi connectivity index (χ3v) is 2.41. The van der Waals surface area contributed by atoms with Gasteiger partial charge >= 0.3 is 0 Å². The summed E-state index contributed by atoms with van der Waals surface area (Å²) in [6.07, 6.45) is 5.03. The first-order valence-corrected chi connectivity index (χ1v) is 5.11. The van der Waals surface area contributed by atoms with E-state index >= 15 is 0 Å². The topological polar surface area (TPSA) is 61.4 Å². The fraction of sp³-hybridized carbons (Fsp3) is 0.727. The van der Waals surface area contributed by atoms with Crippen molar-refractivity contribution < 1.29 is 9.90 Å². The van der Waals surface area contributed by atoms with Crippen molar-refractivity contribution in [1.82, 2.24) is 10.6 Å². The van der Waals surface area contributed by atoms with E-state index in [1.807, 2.05) is 13.8 Å². The summed E-state index contributed by atoms with van der Waals surface area (Å²) in [7, 11) is 0. The molecule has 0 heterocycles. The summed E-state index contributed by atoms with van der Waals surface area (Å²) in [6.45, 7) is 5.98. The smallest absolute Gasteiger partial charge is 0.237 e. The highest BCUT2D eigenvalue weighted by molar-refractivity contribution is 5.81. The Morgan fingerprint density at radius 2 is 2.07 bits per heavy atom. The van der Waals surface area contributed by atoms with E-state index in [4.69, 9.17) is 11.5 Å². The Morgan fingerprint density at radius 1 is 1.47 bits per heavy atom. The quantitative estimate of drug-likeness (QED) is 0.531. The van der Waals surface area contributed by atoms with Crippen LogP contribution in [0.3, 0.4) is 0 Å². The Hall–Kier alpha value is -1.05. The average molecular weight is 212 g/mol. The van der Waals surface area contributed by atoms with Crippen molar-refractivity contribution in [2.75, 3.05) is 13.2 Å². The molecule has 0 spiro atoms. The van der Waals surface area contributed by atoms with Gasteiger partial charge in [-0.3, -0.25) is 4.79 Å². The summed E-state index contributed by atoms with van der Waals surface area (Å²) in [5.41, 5.74) is 0. The summed E-state index contributed by atoms with van der Waals surface area (Å²) >= 11 is 0. The molecule has 0 aromatic rings. The summed E-state index contributed by atoms with van der Waals surface area (Å²) in [5, 5.41) is 14.6. The predicted octanol–water partition coefficient (Wildman–Crippen LogP) is -0.269. The van der Waals surface area contributed by atoms with Crippen molar-refractivity contribution in [1.29, 1.82) is 0 Å². The first kappa shape index (κ1) is 13.9. The molecule has 4 heteroatoms. The monoisotopic (exact) mass is 212 g/mol. The van der Waals surface area contributed by atoms with Crippen LogP contribution in [0, 0.1) is 18.3 Å². The maximum atomic E-state index is 11.4. The van der Waals surface area contributed by atoms with Crippen LogP contribution in [0.25, 0.3) is 0 Å². The van der Waals surface area contributed by atoms with Gasteiger partial charge in [-0.1, -0.05) is 12.8 Å². The lowest BCUT2D eigenvalue weighted by Gasteiger charge is -2.23. The number of hydrogen-bond acceptors (Lipinski definition) is 3. The molecule has 0 aromatic heterocycles. The lowest BCUT2D eigenvalue weighted by atomic mass is 10.0. The molecule has 3 N–H and O–H groups in total. The molecule has 0 aromatic carbocycles. The molecular formula is C11H20N2O2. The number of aliphatic hydroxyl groups excluding tert-OH is 1. The third kappa shape index (κ3) is 5.40. The first-order chi connectivity index (χ1) is 7.02. The zero-order chi connectivity index (χ0) is 11.8. The normalized spacial score (nSPS) is 16.2. The molecule has 0 saturated carbocycles. The highest BCUT2D eigenvalue weighted by Crippen LogP contribution is 2.01. The zero-order valence-electron chi connectivity index (χ0n) is 9.58. The van der Waals surface area contributed by atoms with E-state index < -0.39 is 0 Å². The number of terminal acetylenes is 1. The van der Waals surface area contributed by atoms with Crippen LogP contribution >= 0.6 is 0 Å². The Labute approximate surface area is 91.4 Å². The molecule has 3 atom stereocenters. The number of amides is 1. The van der Waals surface area contributed by atoms with E-state index in [1.165, 1.54) is 0 Å². The second kappa shape index (κ2) is 7.27. The summed E-state index contributed by atoms with van der Waals surface area (Å²) in [6, 6.07) is -0.219. The van der Waals surface area contributed by atoms with Gasteiger partial charge in [-0.25, -0.2) is 0 Å². The number of aliphatic hydroxyl groups is 1. The lowest BCUT2D eigenvalue weighted by Crippen LogP contribution is -2.48. The third-order valence-electron chi connectivity index (χ3n) is 2.41. The van der Waals surface area contributed by atoms with Crippen LogP contribution in [0.4, 0.5) is 0 Å². The molecule has 0 radical (unpaired) electrons. The van der Waals surface area contributed by atoms with Crippen molar-refractivity contribution in [2.45, 2.75) is 32.9 Å². The fourth-order valence-electron chi connectivity index (χ4n) is 1.08. The average Bonchev–Trinajstić information content (AvgIpc) is 2.24. The van der Waals surface area contributed by atoms with Gasteiger partial charge in [0.15, 0.2) is 0 Å². The van der Waals surface area contributed by atoms with Crippen LogP contribution < -0.4 is 10.6 Å². The van der Waals surface area contributed by atoms with E-state index in [9.17, 15) is 4.79 Å². The molecule has 86 valence electrons. The number of hydrogen-bond donors (Lipinski definition) is 3. The van der Waals surface area contributed by atoms with Gasteiger partial charge in [-0.05, 0) is 19.8 Å². The minimum Gasteiger partial charge on any atom is -0.396 e. The van der Waals surface area contributed by atoms with Crippen molar-refractivity contribution in [3.63, 3.8) is 0 Å². The Bertz CT molecular complexity index is 235. The molecule has 4 nitrogen and oxygen atoms in total. The highest BCUT2D eigenvalue weighted by Gasteiger charge is 2.17. The molecule has 1 amide bonds. The standard InChI is InChI=1S/C11H20N2O2/c1-5-6-12-11(15)10(4)13-9(3)8(2)7-14/h1,8-10,13-14H,6-7H2,2-4H3,(H,12,15). The van der Waals surface area contributed by atoms with E-state index in [0.29, 0.717) is 0 Å². The summed E-state index contributed by atoms with van der Waals surface area (Å²) in [4.78, 5) is 11.4. The molecular weight excluding hydrogens is 192 g/mol. The van der Waals surface area contributed by atoms with E-state index in [1.54, 1.807) is 6.92 Å². The van der Waals surface area contributed by atoms with Gasteiger partial charge in [-0.2, -0.15) is 0 Å².